The summed E-state index contributed by atoms with van der Waals surface area (Å²) in [5, 5.41) is 8.11. The molecule has 5 nitrogen and oxygen atoms in total. The van der Waals surface area contributed by atoms with Crippen LogP contribution in [0.25, 0.3) is 22.4 Å². The number of sulfonamides is 1. The van der Waals surface area contributed by atoms with Gasteiger partial charge in [0.2, 0.25) is 15.8 Å². The van der Waals surface area contributed by atoms with Gasteiger partial charge in [0.05, 0.1) is 11.1 Å². The lowest BCUT2D eigenvalue weighted by Gasteiger charge is -2.09. The lowest BCUT2D eigenvalue weighted by Crippen LogP contribution is -2.16. The third kappa shape index (κ3) is 4.03. The summed E-state index contributed by atoms with van der Waals surface area (Å²) in [5.41, 5.74) is -2.78. The highest BCUT2D eigenvalue weighted by atomic mass is 32.2. The number of alkyl halides is 5. The van der Waals surface area contributed by atoms with E-state index >= 15 is 0 Å². The van der Waals surface area contributed by atoms with Crippen LogP contribution in [0.15, 0.2) is 45.8 Å². The van der Waals surface area contributed by atoms with Crippen LogP contribution in [0, 0.1) is 11.6 Å². The molecule has 0 aliphatic heterocycles. The Morgan fingerprint density at radius 3 is 1.93 bits per heavy atom. The molecule has 160 valence electrons. The fourth-order valence-corrected chi connectivity index (χ4v) is 3.38. The number of benzene rings is 2. The highest BCUT2D eigenvalue weighted by Gasteiger charge is 2.32. The van der Waals surface area contributed by atoms with Gasteiger partial charge in [-0.3, -0.25) is 0 Å². The Morgan fingerprint density at radius 1 is 0.967 bits per heavy atom. The molecule has 3 aromatic rings. The molecule has 2 aromatic carbocycles. The molecule has 30 heavy (non-hydrogen) atoms. The minimum atomic E-state index is -4.80. The van der Waals surface area contributed by atoms with Crippen molar-refractivity contribution in [3.05, 3.63) is 59.4 Å². The molecule has 0 fully saturated rings. The molecule has 0 atom stereocenters. The zero-order valence-corrected chi connectivity index (χ0v) is 15.2. The first-order valence-corrected chi connectivity index (χ1v) is 9.33. The van der Waals surface area contributed by atoms with Crippen molar-refractivity contribution in [1.29, 1.82) is 0 Å². The van der Waals surface area contributed by atoms with E-state index < -0.39 is 67.3 Å². The van der Waals surface area contributed by atoms with Crippen molar-refractivity contribution in [2.75, 3.05) is 0 Å². The average molecular weight is 454 g/mol. The van der Waals surface area contributed by atoms with E-state index in [0.29, 0.717) is 24.3 Å². The van der Waals surface area contributed by atoms with Gasteiger partial charge in [-0.25, -0.2) is 31.1 Å². The highest BCUT2D eigenvalue weighted by molar-refractivity contribution is 7.89. The van der Waals surface area contributed by atoms with Gasteiger partial charge in [-0.2, -0.15) is 13.2 Å². The minimum Gasteiger partial charge on any atom is -0.354 e. The Bertz CT molecular complexity index is 1180. The van der Waals surface area contributed by atoms with E-state index in [0.717, 1.165) is 12.1 Å². The first-order chi connectivity index (χ1) is 13.8. The van der Waals surface area contributed by atoms with Crippen LogP contribution in [0.1, 0.15) is 17.7 Å². The normalized spacial score (nSPS) is 12.6. The molecule has 2 N–H and O–H groups in total. The molecule has 0 amide bonds. The second-order valence-electron chi connectivity index (χ2n) is 5.96. The van der Waals surface area contributed by atoms with Crippen molar-refractivity contribution < 1.29 is 43.7 Å². The molecular weight excluding hydrogens is 445 g/mol. The molecule has 0 aliphatic carbocycles. The van der Waals surface area contributed by atoms with Crippen LogP contribution in [0.2, 0.25) is 0 Å². The highest BCUT2D eigenvalue weighted by Crippen LogP contribution is 2.41. The lowest BCUT2D eigenvalue weighted by molar-refractivity contribution is -0.137. The minimum absolute atomic E-state index is 0.120. The van der Waals surface area contributed by atoms with Crippen molar-refractivity contribution in [1.82, 2.24) is 5.16 Å². The summed E-state index contributed by atoms with van der Waals surface area (Å²) in [4.78, 5) is -1.47. The summed E-state index contributed by atoms with van der Waals surface area (Å²) in [7, 11) is -4.80. The summed E-state index contributed by atoms with van der Waals surface area (Å²) in [6.07, 6.45) is -7.96. The van der Waals surface area contributed by atoms with Crippen molar-refractivity contribution in [2.45, 2.75) is 17.5 Å². The summed E-state index contributed by atoms with van der Waals surface area (Å²) in [5.74, 6) is -4.44. The van der Waals surface area contributed by atoms with Gasteiger partial charge >= 0.3 is 6.18 Å². The smallest absolute Gasteiger partial charge is 0.354 e. The number of hydrogen-bond acceptors (Lipinski definition) is 4. The van der Waals surface area contributed by atoms with Gasteiger partial charge in [-0.1, -0.05) is 17.3 Å². The van der Waals surface area contributed by atoms with E-state index in [2.05, 4.69) is 9.68 Å². The number of rotatable bonds is 4. The van der Waals surface area contributed by atoms with Gasteiger partial charge < -0.3 is 4.52 Å². The summed E-state index contributed by atoms with van der Waals surface area (Å²) >= 11 is 0. The van der Waals surface area contributed by atoms with Gasteiger partial charge in [-0.15, -0.1) is 0 Å². The lowest BCUT2D eigenvalue weighted by atomic mass is 9.98. The molecule has 0 aliphatic rings. The Balaban J connectivity index is 2.22. The Morgan fingerprint density at radius 2 is 1.50 bits per heavy atom. The van der Waals surface area contributed by atoms with Crippen LogP contribution in [0.5, 0.6) is 0 Å². The van der Waals surface area contributed by atoms with E-state index in [4.69, 9.17) is 5.14 Å². The van der Waals surface area contributed by atoms with Crippen molar-refractivity contribution in [3.63, 3.8) is 0 Å². The van der Waals surface area contributed by atoms with Crippen molar-refractivity contribution in [2.24, 2.45) is 5.14 Å². The molecule has 0 saturated carbocycles. The van der Waals surface area contributed by atoms with Gasteiger partial charge in [0.25, 0.3) is 6.43 Å². The van der Waals surface area contributed by atoms with E-state index in [1.54, 1.807) is 0 Å². The van der Waals surface area contributed by atoms with E-state index in [1.165, 1.54) is 0 Å². The fourth-order valence-electron chi connectivity index (χ4n) is 2.72. The van der Waals surface area contributed by atoms with Crippen LogP contribution >= 0.6 is 0 Å². The van der Waals surface area contributed by atoms with Crippen LogP contribution in [0.4, 0.5) is 30.7 Å². The van der Waals surface area contributed by atoms with Crippen molar-refractivity contribution in [3.8, 4) is 22.4 Å². The first kappa shape index (κ1) is 21.8. The maximum atomic E-state index is 14.2. The zero-order valence-electron chi connectivity index (χ0n) is 14.3. The molecular formula is C17H9F7N2O3S. The van der Waals surface area contributed by atoms with E-state index in [9.17, 15) is 39.2 Å². The van der Waals surface area contributed by atoms with Crippen LogP contribution < -0.4 is 5.14 Å². The predicted octanol–water partition coefficient (Wildman–Crippen LogP) is 4.89. The molecule has 3 rings (SSSR count). The largest absolute Gasteiger partial charge is 0.416 e. The number of nitrogens with two attached hydrogens (primary N) is 1. The van der Waals surface area contributed by atoms with Gasteiger partial charge in [0.1, 0.15) is 17.3 Å². The van der Waals surface area contributed by atoms with Gasteiger partial charge in [-0.05, 0) is 29.8 Å². The summed E-state index contributed by atoms with van der Waals surface area (Å²) < 4.78 is 120. The number of primary sulfonamides is 1. The SMILES string of the molecule is NS(=O)(=O)c1c(F)cc(-c2c(-c3ccc(C(F)(F)F)cc3)noc2C(F)F)cc1F. The topological polar surface area (TPSA) is 86.2 Å². The standard InChI is InChI=1S/C17H9F7N2O3S/c18-10-5-8(6-11(19)15(10)30(25,27)28)12-13(26-29-14(12)16(20)21)7-1-3-9(4-2-7)17(22,23)24/h1-6,16H,(H2,25,27,28). The number of nitrogens with zero attached hydrogens (tertiary/aromatic N) is 1. The molecule has 0 spiro atoms. The molecule has 0 saturated heterocycles. The Hall–Kier alpha value is -2.93. The van der Waals surface area contributed by atoms with E-state index in [1.807, 2.05) is 0 Å². The third-order valence-corrected chi connectivity index (χ3v) is 4.93. The average Bonchev–Trinajstić information content (AvgIpc) is 3.04. The zero-order chi connectivity index (χ0) is 22.4. The quantitative estimate of drug-likeness (QED) is 0.569. The first-order valence-electron chi connectivity index (χ1n) is 7.78. The maximum Gasteiger partial charge on any atom is 0.416 e. The summed E-state index contributed by atoms with van der Waals surface area (Å²) in [6.45, 7) is 0. The predicted molar refractivity (Wildman–Crippen MR) is 88.6 cm³/mol. The second kappa shape index (κ2) is 7.40. The molecule has 0 unspecified atom stereocenters. The molecule has 0 bridgehead atoms. The molecule has 1 heterocycles. The van der Waals surface area contributed by atoms with Gasteiger partial charge in [0, 0.05) is 5.56 Å². The third-order valence-electron chi connectivity index (χ3n) is 3.97. The monoisotopic (exact) mass is 454 g/mol. The Kier molecular flexibility index (Phi) is 5.37. The maximum absolute atomic E-state index is 14.2. The number of hydrogen-bond donors (Lipinski definition) is 1. The number of halogens is 7. The van der Waals surface area contributed by atoms with Crippen LogP contribution in [-0.4, -0.2) is 13.6 Å². The van der Waals surface area contributed by atoms with Crippen LogP contribution in [0.3, 0.4) is 0 Å². The summed E-state index contributed by atoms with van der Waals surface area (Å²) in [6, 6.07) is 3.97. The Labute approximate surface area is 164 Å². The molecule has 0 radical (unpaired) electrons. The van der Waals surface area contributed by atoms with Gasteiger partial charge in [0.15, 0.2) is 4.90 Å². The molecule has 13 heteroatoms. The van der Waals surface area contributed by atoms with Crippen molar-refractivity contribution >= 4 is 10.0 Å². The molecule has 1 aromatic heterocycles. The number of aromatic nitrogens is 1. The fraction of sp³-hybridized carbons (Fsp3) is 0.118. The second-order valence-corrected chi connectivity index (χ2v) is 7.46. The van der Waals surface area contributed by atoms with E-state index in [-0.39, 0.29) is 5.56 Å². The van der Waals surface area contributed by atoms with Crippen LogP contribution in [-0.2, 0) is 16.2 Å².